The molecule has 0 aliphatic rings. The van der Waals surface area contributed by atoms with Crippen molar-refractivity contribution in [3.8, 4) is 11.4 Å². The molecular weight excluding hydrogens is 265 g/mol. The number of hydrazine groups is 1. The Hall–Kier alpha value is -2.49. The van der Waals surface area contributed by atoms with Crippen molar-refractivity contribution in [3.63, 3.8) is 0 Å². The number of pyridine rings is 1. The number of H-pyrrole nitrogens is 1. The molecule has 0 aliphatic heterocycles. The number of rotatable bonds is 3. The highest BCUT2D eigenvalue weighted by Crippen LogP contribution is 2.13. The van der Waals surface area contributed by atoms with Gasteiger partial charge in [0, 0.05) is 18.0 Å². The fraction of sp³-hybridized carbons (Fsp3) is 0.111. The van der Waals surface area contributed by atoms with Gasteiger partial charge in [0.1, 0.15) is 5.82 Å². The molecule has 0 fully saturated rings. The number of nitrogens with zero attached hydrogens (tertiary/aromatic N) is 3. The van der Waals surface area contributed by atoms with E-state index in [1.165, 1.54) is 12.4 Å². The van der Waals surface area contributed by atoms with Crippen LogP contribution in [-0.4, -0.2) is 26.2 Å². The summed E-state index contributed by atoms with van der Waals surface area (Å²) in [7, 11) is 0. The van der Waals surface area contributed by atoms with Crippen LogP contribution in [0.25, 0.3) is 11.4 Å². The zero-order valence-electron chi connectivity index (χ0n) is 9.19. The minimum atomic E-state index is -4.66. The molecule has 0 aliphatic carbocycles. The summed E-state index contributed by atoms with van der Waals surface area (Å²) in [4.78, 5) is 24.3. The van der Waals surface area contributed by atoms with E-state index in [4.69, 9.17) is 0 Å². The first kappa shape index (κ1) is 13.0. The molecule has 2 heterocycles. The number of alkyl halides is 3. The monoisotopic (exact) mass is 272 g/mol. The smallest absolute Gasteiger partial charge is 0.290 e. The van der Waals surface area contributed by atoms with Gasteiger partial charge in [-0.1, -0.05) is 0 Å². The zero-order valence-corrected chi connectivity index (χ0v) is 9.19. The fourth-order valence-corrected chi connectivity index (χ4v) is 1.21. The van der Waals surface area contributed by atoms with E-state index in [0.717, 1.165) is 5.43 Å². The lowest BCUT2D eigenvalue weighted by atomic mass is 10.2. The van der Waals surface area contributed by atoms with Crippen molar-refractivity contribution in [1.82, 2.24) is 25.4 Å². The van der Waals surface area contributed by atoms with Gasteiger partial charge in [-0.3, -0.25) is 15.4 Å². The topological polar surface area (TPSA) is 95.6 Å². The average Bonchev–Trinajstić information content (AvgIpc) is 2.36. The number of anilines is 1. The van der Waals surface area contributed by atoms with Crippen molar-refractivity contribution < 1.29 is 13.2 Å². The molecule has 0 saturated heterocycles. The highest BCUT2D eigenvalue weighted by molar-refractivity contribution is 5.54. The first-order valence-corrected chi connectivity index (χ1v) is 4.93. The van der Waals surface area contributed by atoms with Crippen LogP contribution in [0.2, 0.25) is 0 Å². The second-order valence-electron chi connectivity index (χ2n) is 3.31. The minimum Gasteiger partial charge on any atom is -0.290 e. The fourth-order valence-electron chi connectivity index (χ4n) is 1.21. The molecule has 2 aromatic heterocycles. The standard InChI is InChI=1S/C9H7F3N6O/c10-9(11,12)18-17-7-14-6(15-8(19)16-7)5-1-3-13-4-2-5/h1-4,18H,(H2,14,15,16,17,19). The number of hydrogen-bond donors (Lipinski definition) is 3. The van der Waals surface area contributed by atoms with Crippen LogP contribution in [0.4, 0.5) is 19.1 Å². The van der Waals surface area contributed by atoms with E-state index in [2.05, 4.69) is 19.9 Å². The van der Waals surface area contributed by atoms with Crippen LogP contribution in [0.1, 0.15) is 0 Å². The summed E-state index contributed by atoms with van der Waals surface area (Å²) in [6.07, 6.45) is -1.75. The number of nitrogens with one attached hydrogen (secondary N) is 3. The number of hydrogen-bond acceptors (Lipinski definition) is 6. The molecule has 2 aromatic rings. The average molecular weight is 272 g/mol. The van der Waals surface area contributed by atoms with E-state index in [9.17, 15) is 18.0 Å². The molecule has 0 radical (unpaired) electrons. The Morgan fingerprint density at radius 3 is 2.47 bits per heavy atom. The molecule has 0 saturated carbocycles. The van der Waals surface area contributed by atoms with Gasteiger partial charge in [-0.15, -0.1) is 5.43 Å². The third-order valence-electron chi connectivity index (χ3n) is 1.92. The van der Waals surface area contributed by atoms with Gasteiger partial charge in [0.25, 0.3) is 0 Å². The van der Waals surface area contributed by atoms with Gasteiger partial charge in [0.15, 0.2) is 0 Å². The molecule has 100 valence electrons. The van der Waals surface area contributed by atoms with Gasteiger partial charge in [0.05, 0.1) is 0 Å². The Labute approximate surface area is 103 Å². The van der Waals surface area contributed by atoms with Gasteiger partial charge >= 0.3 is 12.0 Å². The van der Waals surface area contributed by atoms with E-state index in [1.807, 2.05) is 0 Å². The Morgan fingerprint density at radius 1 is 1.16 bits per heavy atom. The first-order valence-electron chi connectivity index (χ1n) is 4.93. The van der Waals surface area contributed by atoms with Crippen LogP contribution in [0, 0.1) is 0 Å². The molecule has 0 atom stereocenters. The predicted molar refractivity (Wildman–Crippen MR) is 58.7 cm³/mol. The Morgan fingerprint density at radius 2 is 1.84 bits per heavy atom. The summed E-state index contributed by atoms with van der Waals surface area (Å²) in [6.45, 7) is 0. The predicted octanol–water partition coefficient (Wildman–Crippen LogP) is 0.663. The Kier molecular flexibility index (Phi) is 3.42. The van der Waals surface area contributed by atoms with Gasteiger partial charge in [0.2, 0.25) is 5.95 Å². The quantitative estimate of drug-likeness (QED) is 0.561. The van der Waals surface area contributed by atoms with Gasteiger partial charge in [-0.05, 0) is 12.1 Å². The van der Waals surface area contributed by atoms with E-state index in [0.29, 0.717) is 5.56 Å². The summed E-state index contributed by atoms with van der Waals surface area (Å²) in [6, 6.07) is 3.08. The molecule has 7 nitrogen and oxygen atoms in total. The summed E-state index contributed by atoms with van der Waals surface area (Å²) in [5, 5.41) is 0. The molecular formula is C9H7F3N6O. The maximum absolute atomic E-state index is 11.9. The van der Waals surface area contributed by atoms with Crippen LogP contribution >= 0.6 is 0 Å². The minimum absolute atomic E-state index is 0.0777. The molecule has 2 rings (SSSR count). The maximum Gasteiger partial charge on any atom is 0.474 e. The molecule has 10 heteroatoms. The molecule has 0 aromatic carbocycles. The zero-order chi connectivity index (χ0) is 13.9. The normalized spacial score (nSPS) is 11.3. The lowest BCUT2D eigenvalue weighted by molar-refractivity contribution is -0.151. The van der Waals surface area contributed by atoms with Crippen molar-refractivity contribution in [2.45, 2.75) is 6.30 Å². The van der Waals surface area contributed by atoms with Crippen LogP contribution in [0.5, 0.6) is 0 Å². The van der Waals surface area contributed by atoms with E-state index in [1.54, 1.807) is 17.6 Å². The molecule has 19 heavy (non-hydrogen) atoms. The van der Waals surface area contributed by atoms with Crippen LogP contribution in [0.15, 0.2) is 29.3 Å². The summed E-state index contributed by atoms with van der Waals surface area (Å²) < 4.78 is 35.8. The van der Waals surface area contributed by atoms with Crippen molar-refractivity contribution in [1.29, 1.82) is 0 Å². The van der Waals surface area contributed by atoms with Crippen molar-refractivity contribution >= 4 is 5.95 Å². The van der Waals surface area contributed by atoms with Crippen molar-refractivity contribution in [3.05, 3.63) is 35.0 Å². The van der Waals surface area contributed by atoms with E-state index >= 15 is 0 Å². The lowest BCUT2D eigenvalue weighted by Crippen LogP contribution is -2.37. The summed E-state index contributed by atoms with van der Waals surface area (Å²) >= 11 is 0. The van der Waals surface area contributed by atoms with E-state index in [-0.39, 0.29) is 5.82 Å². The Bertz CT molecular complexity index is 611. The number of aromatic amines is 1. The van der Waals surface area contributed by atoms with Gasteiger partial charge in [-0.25, -0.2) is 4.79 Å². The molecule has 0 unspecified atom stereocenters. The Balaban J connectivity index is 2.28. The van der Waals surface area contributed by atoms with Gasteiger partial charge in [-0.2, -0.15) is 23.1 Å². The highest BCUT2D eigenvalue weighted by Gasteiger charge is 2.27. The largest absolute Gasteiger partial charge is 0.474 e. The second-order valence-corrected chi connectivity index (χ2v) is 3.31. The maximum atomic E-state index is 11.9. The second kappa shape index (κ2) is 5.02. The SMILES string of the molecule is O=c1nc(NNC(F)(F)F)nc(-c2ccncc2)[nH]1. The van der Waals surface area contributed by atoms with Crippen molar-refractivity contribution in [2.75, 3.05) is 5.43 Å². The summed E-state index contributed by atoms with van der Waals surface area (Å²) in [5.74, 6) is -0.415. The lowest BCUT2D eigenvalue weighted by Gasteiger charge is -2.09. The van der Waals surface area contributed by atoms with Crippen LogP contribution in [-0.2, 0) is 0 Å². The third kappa shape index (κ3) is 3.74. The molecule has 0 bridgehead atoms. The molecule has 3 N–H and O–H groups in total. The van der Waals surface area contributed by atoms with Crippen molar-refractivity contribution in [2.24, 2.45) is 0 Å². The first-order chi connectivity index (χ1) is 8.94. The van der Waals surface area contributed by atoms with Crippen LogP contribution < -0.4 is 16.5 Å². The van der Waals surface area contributed by atoms with E-state index < -0.39 is 17.9 Å². The molecule has 0 spiro atoms. The number of aromatic nitrogens is 4. The summed E-state index contributed by atoms with van der Waals surface area (Å²) in [5.41, 5.74) is 2.37. The third-order valence-corrected chi connectivity index (χ3v) is 1.92. The highest BCUT2D eigenvalue weighted by atomic mass is 19.4. The molecule has 0 amide bonds. The van der Waals surface area contributed by atoms with Crippen LogP contribution in [0.3, 0.4) is 0 Å². The number of halogens is 3. The van der Waals surface area contributed by atoms with Gasteiger partial charge < -0.3 is 0 Å².